The van der Waals surface area contributed by atoms with Gasteiger partial charge in [-0.25, -0.2) is 4.68 Å². The summed E-state index contributed by atoms with van der Waals surface area (Å²) in [5.41, 5.74) is 5.32. The summed E-state index contributed by atoms with van der Waals surface area (Å²) < 4.78 is 8.72. The van der Waals surface area contributed by atoms with Crippen molar-refractivity contribution in [3.05, 3.63) is 65.5 Å². The van der Waals surface area contributed by atoms with Crippen molar-refractivity contribution in [1.29, 1.82) is 0 Å². The fraction of sp³-hybridized carbons (Fsp3) is 0.379. The molecular weight excluding hydrogens is 478 g/mol. The third kappa shape index (κ3) is 4.81. The van der Waals surface area contributed by atoms with Crippen LogP contribution in [0.15, 0.2) is 48.5 Å². The van der Waals surface area contributed by atoms with Gasteiger partial charge in [-0.05, 0) is 51.6 Å². The highest BCUT2D eigenvalue weighted by molar-refractivity contribution is 5.96. The first kappa shape index (κ1) is 25.7. The molecule has 1 aliphatic rings. The Bertz CT molecular complexity index is 1450. The molecule has 9 nitrogen and oxygen atoms in total. The van der Waals surface area contributed by atoms with Gasteiger partial charge in [0, 0.05) is 45.2 Å². The van der Waals surface area contributed by atoms with Gasteiger partial charge in [-0.2, -0.15) is 10.2 Å². The summed E-state index contributed by atoms with van der Waals surface area (Å²) in [5.74, 6) is 1.53. The van der Waals surface area contributed by atoms with Gasteiger partial charge in [-0.1, -0.05) is 30.3 Å². The summed E-state index contributed by atoms with van der Waals surface area (Å²) in [5, 5.41) is 18.0. The Morgan fingerprint density at radius 3 is 2.58 bits per heavy atom. The number of ether oxygens (including phenoxy) is 1. The fourth-order valence-electron chi connectivity index (χ4n) is 5.10. The van der Waals surface area contributed by atoms with Crippen molar-refractivity contribution in [2.75, 3.05) is 44.0 Å². The zero-order chi connectivity index (χ0) is 26.8. The van der Waals surface area contributed by atoms with Gasteiger partial charge < -0.3 is 19.9 Å². The Morgan fingerprint density at radius 1 is 1.11 bits per heavy atom. The molecule has 0 radical (unpaired) electrons. The van der Waals surface area contributed by atoms with Crippen LogP contribution in [0.1, 0.15) is 42.3 Å². The summed E-state index contributed by atoms with van der Waals surface area (Å²) >= 11 is 0. The van der Waals surface area contributed by atoms with E-state index in [0.717, 1.165) is 58.6 Å². The Morgan fingerprint density at radius 2 is 1.89 bits per heavy atom. The molecule has 1 aliphatic heterocycles. The highest BCUT2D eigenvalue weighted by Crippen LogP contribution is 2.37. The van der Waals surface area contributed by atoms with E-state index in [0.29, 0.717) is 24.5 Å². The summed E-state index contributed by atoms with van der Waals surface area (Å²) in [6.45, 7) is 5.51. The lowest BCUT2D eigenvalue weighted by molar-refractivity contribution is -0.117. The molecular formula is C29H35N7O2. The smallest absolute Gasteiger partial charge is 0.227 e. The van der Waals surface area contributed by atoms with Crippen molar-refractivity contribution in [3.8, 4) is 11.4 Å². The molecule has 3 heterocycles. The normalized spacial score (nSPS) is 14.3. The van der Waals surface area contributed by atoms with Crippen molar-refractivity contribution in [2.24, 2.45) is 0 Å². The van der Waals surface area contributed by atoms with Crippen molar-refractivity contribution >= 4 is 28.3 Å². The van der Waals surface area contributed by atoms with Crippen LogP contribution in [0, 0.1) is 13.8 Å². The minimum atomic E-state index is -0.181. The van der Waals surface area contributed by atoms with Gasteiger partial charge >= 0.3 is 0 Å². The molecule has 1 saturated heterocycles. The second kappa shape index (κ2) is 10.8. The number of nitrogens with one attached hydrogen (secondary N) is 1. The van der Waals surface area contributed by atoms with Crippen LogP contribution >= 0.6 is 0 Å². The van der Waals surface area contributed by atoms with E-state index < -0.39 is 0 Å². The number of fused-ring (bicyclic) bond motifs is 1. The molecule has 1 N–H and O–H groups in total. The third-order valence-corrected chi connectivity index (χ3v) is 7.06. The highest BCUT2D eigenvalue weighted by atomic mass is 16.5. The van der Waals surface area contributed by atoms with Gasteiger partial charge in [0.25, 0.3) is 0 Å². The van der Waals surface area contributed by atoms with E-state index >= 15 is 0 Å². The van der Waals surface area contributed by atoms with Gasteiger partial charge in [0.05, 0.1) is 16.8 Å². The van der Waals surface area contributed by atoms with Gasteiger partial charge in [-0.15, -0.1) is 5.10 Å². The monoisotopic (exact) mass is 513 g/mol. The van der Waals surface area contributed by atoms with Crippen LogP contribution in [-0.4, -0.2) is 60.1 Å². The number of amides is 1. The number of carbonyl (C=O) groups is 1. The molecule has 38 heavy (non-hydrogen) atoms. The van der Waals surface area contributed by atoms with E-state index in [1.807, 2.05) is 85.9 Å². The number of aryl methyl sites for hydroxylation is 2. The predicted molar refractivity (Wildman–Crippen MR) is 150 cm³/mol. The van der Waals surface area contributed by atoms with Gasteiger partial charge in [0.15, 0.2) is 5.82 Å². The molecule has 0 bridgehead atoms. The van der Waals surface area contributed by atoms with Crippen LogP contribution in [0.3, 0.4) is 0 Å². The Hall–Kier alpha value is -3.98. The lowest BCUT2D eigenvalue weighted by atomic mass is 10.1. The maximum atomic E-state index is 12.6. The number of anilines is 2. The highest BCUT2D eigenvalue weighted by Gasteiger charge is 2.26. The second-order valence-electron chi connectivity index (χ2n) is 9.93. The number of rotatable bonds is 9. The molecule has 0 spiro atoms. The predicted octanol–water partition coefficient (Wildman–Crippen LogP) is 4.35. The molecule has 198 valence electrons. The Kier molecular flexibility index (Phi) is 7.28. The summed E-state index contributed by atoms with van der Waals surface area (Å²) in [7, 11) is 5.82. The quantitative estimate of drug-likeness (QED) is 0.356. The van der Waals surface area contributed by atoms with Crippen LogP contribution in [0.4, 0.5) is 11.5 Å². The van der Waals surface area contributed by atoms with Crippen molar-refractivity contribution < 1.29 is 9.53 Å². The van der Waals surface area contributed by atoms with Crippen LogP contribution in [0.2, 0.25) is 0 Å². The van der Waals surface area contributed by atoms with E-state index in [9.17, 15) is 4.79 Å². The number of benzene rings is 2. The van der Waals surface area contributed by atoms with E-state index in [-0.39, 0.29) is 12.0 Å². The SMILES string of the molecule is CNCCC(Oc1cc(N2CCCC2=O)ccc1-n1nc2c(N(C)C)nnc(C)c2c1C)c1ccccc1. The molecule has 2 aromatic heterocycles. The first-order valence-electron chi connectivity index (χ1n) is 13.1. The minimum absolute atomic E-state index is 0.142. The number of nitrogens with zero attached hydrogens (tertiary/aromatic N) is 6. The number of aromatic nitrogens is 4. The zero-order valence-corrected chi connectivity index (χ0v) is 22.7. The van der Waals surface area contributed by atoms with Crippen LogP contribution in [0.5, 0.6) is 5.75 Å². The average Bonchev–Trinajstić information content (AvgIpc) is 3.50. The molecule has 1 unspecified atom stereocenters. The number of hydrogen-bond acceptors (Lipinski definition) is 7. The largest absolute Gasteiger partial charge is 0.483 e. The molecule has 0 saturated carbocycles. The van der Waals surface area contributed by atoms with Gasteiger partial charge in [-0.3, -0.25) is 4.79 Å². The minimum Gasteiger partial charge on any atom is -0.483 e. The Labute approximate surface area is 223 Å². The van der Waals surface area contributed by atoms with E-state index in [4.69, 9.17) is 9.84 Å². The van der Waals surface area contributed by atoms with Gasteiger partial charge in [0.2, 0.25) is 5.91 Å². The molecule has 5 rings (SSSR count). The zero-order valence-electron chi connectivity index (χ0n) is 22.7. The summed E-state index contributed by atoms with van der Waals surface area (Å²) in [6.07, 6.45) is 2.04. The van der Waals surface area contributed by atoms with Crippen LogP contribution < -0.4 is 19.9 Å². The molecule has 9 heteroatoms. The average molecular weight is 514 g/mol. The van der Waals surface area contributed by atoms with Crippen molar-refractivity contribution in [3.63, 3.8) is 0 Å². The van der Waals surface area contributed by atoms with Crippen LogP contribution in [-0.2, 0) is 4.79 Å². The first-order chi connectivity index (χ1) is 18.4. The van der Waals surface area contributed by atoms with Crippen molar-refractivity contribution in [1.82, 2.24) is 25.3 Å². The van der Waals surface area contributed by atoms with E-state index in [2.05, 4.69) is 27.6 Å². The molecule has 1 amide bonds. The molecule has 0 aliphatic carbocycles. The first-order valence-corrected chi connectivity index (χ1v) is 13.1. The Balaban J connectivity index is 1.66. The maximum Gasteiger partial charge on any atom is 0.227 e. The standard InChI is InChI=1S/C29H35N7O2/c1-19-27-20(2)36(33-28(27)29(32-31-19)34(4)5)23-14-13-22(35-17-9-12-26(35)37)18-25(23)38-24(15-16-30-3)21-10-7-6-8-11-21/h6-8,10-11,13-14,18,24,30H,9,12,15-17H2,1-5H3. The summed E-state index contributed by atoms with van der Waals surface area (Å²) in [4.78, 5) is 16.3. The topological polar surface area (TPSA) is 88.4 Å². The molecule has 4 aromatic rings. The summed E-state index contributed by atoms with van der Waals surface area (Å²) in [6, 6.07) is 16.2. The lowest BCUT2D eigenvalue weighted by Crippen LogP contribution is -2.24. The van der Waals surface area contributed by atoms with Crippen LogP contribution in [0.25, 0.3) is 16.6 Å². The second-order valence-corrected chi connectivity index (χ2v) is 9.93. The lowest BCUT2D eigenvalue weighted by Gasteiger charge is -2.24. The van der Waals surface area contributed by atoms with Gasteiger partial charge in [0.1, 0.15) is 23.1 Å². The van der Waals surface area contributed by atoms with E-state index in [1.54, 1.807) is 0 Å². The molecule has 1 atom stereocenters. The fourth-order valence-corrected chi connectivity index (χ4v) is 5.10. The molecule has 1 fully saturated rings. The van der Waals surface area contributed by atoms with Crippen molar-refractivity contribution in [2.45, 2.75) is 39.2 Å². The number of hydrogen-bond donors (Lipinski definition) is 1. The third-order valence-electron chi connectivity index (χ3n) is 7.06. The molecule has 2 aromatic carbocycles. The van der Waals surface area contributed by atoms with E-state index in [1.165, 1.54) is 0 Å². The number of carbonyl (C=O) groups excluding carboxylic acids is 1. The maximum absolute atomic E-state index is 12.6.